The lowest BCUT2D eigenvalue weighted by Gasteiger charge is -2.57. The van der Waals surface area contributed by atoms with Crippen LogP contribution in [0.15, 0.2) is 36.4 Å². The van der Waals surface area contributed by atoms with Crippen molar-refractivity contribution >= 4 is 0 Å². The van der Waals surface area contributed by atoms with Gasteiger partial charge in [0.15, 0.2) is 0 Å². The molecule has 8 aliphatic rings. The smallest absolute Gasteiger partial charge is 0.123 e. The SMILES string of the molecule is Oc1ccc(C23CC4CC(CC(C4)C2)C3)cc1-c1cc(C23CC4CC(CC(C4)C2)C3)ccc1O. The lowest BCUT2D eigenvalue weighted by atomic mass is 9.48. The van der Waals surface area contributed by atoms with Gasteiger partial charge in [0, 0.05) is 11.1 Å². The largest absolute Gasteiger partial charge is 0.507 e. The van der Waals surface area contributed by atoms with Crippen LogP contribution in [0.4, 0.5) is 0 Å². The van der Waals surface area contributed by atoms with Crippen molar-refractivity contribution in [2.24, 2.45) is 35.5 Å². The average molecular weight is 455 g/mol. The summed E-state index contributed by atoms with van der Waals surface area (Å²) < 4.78 is 0. The number of phenolic OH excluding ortho intramolecular Hbond substituents is 2. The maximum atomic E-state index is 11.0. The third-order valence-corrected chi connectivity index (χ3v) is 11.6. The Kier molecular flexibility index (Phi) is 4.07. The van der Waals surface area contributed by atoms with Gasteiger partial charge < -0.3 is 10.2 Å². The quantitative estimate of drug-likeness (QED) is 0.499. The first-order valence-corrected chi connectivity index (χ1v) is 14.1. The Morgan fingerprint density at radius 1 is 0.471 bits per heavy atom. The Hall–Kier alpha value is -1.96. The molecule has 0 radical (unpaired) electrons. The maximum absolute atomic E-state index is 11.0. The molecule has 178 valence electrons. The van der Waals surface area contributed by atoms with Crippen molar-refractivity contribution in [1.82, 2.24) is 0 Å². The van der Waals surface area contributed by atoms with Gasteiger partial charge >= 0.3 is 0 Å². The Labute approximate surface area is 203 Å². The molecule has 0 atom stereocenters. The Morgan fingerprint density at radius 3 is 1.06 bits per heavy atom. The molecule has 8 saturated carbocycles. The number of phenols is 2. The molecule has 0 amide bonds. The van der Waals surface area contributed by atoms with Crippen molar-refractivity contribution in [3.8, 4) is 22.6 Å². The summed E-state index contributed by atoms with van der Waals surface area (Å²) in [4.78, 5) is 0. The standard InChI is InChI=1S/C32H38O2/c33-29-3-1-25(31-13-19-5-20(14-31)7-21(6-19)15-31)11-27(29)28-12-26(2-4-30(28)34)32-16-22-8-23(17-32)10-24(9-22)18-32/h1-4,11-12,19-24,33-34H,5-10,13-18H2. The number of hydrogen-bond donors (Lipinski definition) is 2. The summed E-state index contributed by atoms with van der Waals surface area (Å²) >= 11 is 0. The summed E-state index contributed by atoms with van der Waals surface area (Å²) in [7, 11) is 0. The van der Waals surface area contributed by atoms with Gasteiger partial charge in [-0.25, -0.2) is 0 Å². The van der Waals surface area contributed by atoms with Gasteiger partial charge in [0.1, 0.15) is 11.5 Å². The molecule has 0 aliphatic heterocycles. The van der Waals surface area contributed by atoms with E-state index in [0.29, 0.717) is 22.3 Å². The highest BCUT2D eigenvalue weighted by Crippen LogP contribution is 2.62. The zero-order valence-electron chi connectivity index (χ0n) is 20.3. The molecular weight excluding hydrogens is 416 g/mol. The Bertz CT molecular complexity index is 998. The van der Waals surface area contributed by atoms with Crippen molar-refractivity contribution in [2.75, 3.05) is 0 Å². The predicted molar refractivity (Wildman–Crippen MR) is 135 cm³/mol. The van der Waals surface area contributed by atoms with Crippen LogP contribution < -0.4 is 0 Å². The van der Waals surface area contributed by atoms with Crippen molar-refractivity contribution < 1.29 is 10.2 Å². The molecule has 8 aliphatic carbocycles. The molecule has 2 N–H and O–H groups in total. The molecule has 0 saturated heterocycles. The van der Waals surface area contributed by atoms with Crippen LogP contribution in [0, 0.1) is 35.5 Å². The summed E-state index contributed by atoms with van der Waals surface area (Å²) in [5, 5.41) is 22.0. The highest BCUT2D eigenvalue weighted by atomic mass is 16.3. The third-order valence-electron chi connectivity index (χ3n) is 11.6. The Morgan fingerprint density at radius 2 is 0.765 bits per heavy atom. The number of hydrogen-bond acceptors (Lipinski definition) is 2. The van der Waals surface area contributed by atoms with Gasteiger partial charge in [-0.3, -0.25) is 0 Å². The summed E-state index contributed by atoms with van der Waals surface area (Å²) in [5.41, 5.74) is 5.11. The van der Waals surface area contributed by atoms with Gasteiger partial charge in [0.05, 0.1) is 0 Å². The van der Waals surface area contributed by atoms with Gasteiger partial charge in [-0.15, -0.1) is 0 Å². The molecule has 0 spiro atoms. The minimum Gasteiger partial charge on any atom is -0.507 e. The molecule has 2 nitrogen and oxygen atoms in total. The lowest BCUT2D eigenvalue weighted by molar-refractivity contribution is -0.00537. The minimum absolute atomic E-state index is 0.296. The van der Waals surface area contributed by atoms with Gasteiger partial charge in [0.2, 0.25) is 0 Å². The predicted octanol–water partition coefficient (Wildman–Crippen LogP) is 7.70. The van der Waals surface area contributed by atoms with E-state index >= 15 is 0 Å². The van der Waals surface area contributed by atoms with E-state index in [1.807, 2.05) is 12.1 Å². The molecule has 34 heavy (non-hydrogen) atoms. The molecule has 2 heteroatoms. The van der Waals surface area contributed by atoms with E-state index in [4.69, 9.17) is 0 Å². The fourth-order valence-electron chi connectivity index (χ4n) is 11.1. The lowest BCUT2D eigenvalue weighted by Crippen LogP contribution is -2.48. The summed E-state index contributed by atoms with van der Waals surface area (Å²) in [6.45, 7) is 0. The van der Waals surface area contributed by atoms with E-state index in [-0.39, 0.29) is 0 Å². The van der Waals surface area contributed by atoms with Crippen molar-refractivity contribution in [3.63, 3.8) is 0 Å². The first kappa shape index (κ1) is 20.3. The second-order valence-electron chi connectivity index (χ2n) is 13.9. The fraction of sp³-hybridized carbons (Fsp3) is 0.625. The van der Waals surface area contributed by atoms with Crippen LogP contribution in [0.25, 0.3) is 11.1 Å². The molecule has 10 rings (SSSR count). The van der Waals surface area contributed by atoms with E-state index in [2.05, 4.69) is 24.3 Å². The number of benzene rings is 2. The van der Waals surface area contributed by atoms with Gasteiger partial charge in [-0.05, 0) is 159 Å². The van der Waals surface area contributed by atoms with Crippen molar-refractivity contribution in [1.29, 1.82) is 0 Å². The molecule has 8 fully saturated rings. The first-order valence-electron chi connectivity index (χ1n) is 14.1. The van der Waals surface area contributed by atoms with Crippen LogP contribution in [-0.2, 0) is 10.8 Å². The van der Waals surface area contributed by atoms with Crippen LogP contribution >= 0.6 is 0 Å². The van der Waals surface area contributed by atoms with Crippen LogP contribution in [0.3, 0.4) is 0 Å². The monoisotopic (exact) mass is 454 g/mol. The third kappa shape index (κ3) is 2.86. The Balaban J connectivity index is 1.20. The van der Waals surface area contributed by atoms with E-state index in [9.17, 15) is 10.2 Å². The number of rotatable bonds is 3. The highest BCUT2D eigenvalue weighted by molar-refractivity contribution is 5.77. The average Bonchev–Trinajstić information content (AvgIpc) is 2.78. The van der Waals surface area contributed by atoms with E-state index < -0.39 is 0 Å². The molecule has 0 aromatic heterocycles. The molecule has 0 unspecified atom stereocenters. The summed E-state index contributed by atoms with van der Waals surface area (Å²) in [6, 6.07) is 12.8. The molecule has 2 aromatic rings. The molecule has 8 bridgehead atoms. The van der Waals surface area contributed by atoms with Crippen LogP contribution in [0.1, 0.15) is 88.2 Å². The fourth-order valence-corrected chi connectivity index (χ4v) is 11.1. The van der Waals surface area contributed by atoms with Gasteiger partial charge in [0.25, 0.3) is 0 Å². The van der Waals surface area contributed by atoms with E-state index in [1.165, 1.54) is 88.2 Å². The normalized spacial score (nSPS) is 43.5. The highest BCUT2D eigenvalue weighted by Gasteiger charge is 2.53. The van der Waals surface area contributed by atoms with Crippen LogP contribution in [-0.4, -0.2) is 10.2 Å². The van der Waals surface area contributed by atoms with Crippen LogP contribution in [0.2, 0.25) is 0 Å². The molecule has 0 heterocycles. The summed E-state index contributed by atoms with van der Waals surface area (Å²) in [6.07, 6.45) is 16.6. The minimum atomic E-state index is 0.296. The summed E-state index contributed by atoms with van der Waals surface area (Å²) in [5.74, 6) is 6.02. The molecular formula is C32H38O2. The topological polar surface area (TPSA) is 40.5 Å². The zero-order valence-corrected chi connectivity index (χ0v) is 20.3. The van der Waals surface area contributed by atoms with Gasteiger partial charge in [-0.1, -0.05) is 12.1 Å². The second kappa shape index (κ2) is 6.83. The van der Waals surface area contributed by atoms with Gasteiger partial charge in [-0.2, -0.15) is 0 Å². The van der Waals surface area contributed by atoms with E-state index in [0.717, 1.165) is 46.6 Å². The van der Waals surface area contributed by atoms with Crippen molar-refractivity contribution in [2.45, 2.75) is 87.9 Å². The number of aromatic hydroxyl groups is 2. The second-order valence-corrected chi connectivity index (χ2v) is 13.9. The first-order chi connectivity index (χ1) is 16.5. The van der Waals surface area contributed by atoms with Crippen molar-refractivity contribution in [3.05, 3.63) is 47.5 Å². The molecule has 2 aromatic carbocycles. The van der Waals surface area contributed by atoms with Crippen LogP contribution in [0.5, 0.6) is 11.5 Å². The van der Waals surface area contributed by atoms with E-state index in [1.54, 1.807) is 0 Å². The zero-order chi connectivity index (χ0) is 22.7. The maximum Gasteiger partial charge on any atom is 0.123 e.